The summed E-state index contributed by atoms with van der Waals surface area (Å²) in [5.41, 5.74) is -0.437. The molecule has 2 unspecified atom stereocenters. The van der Waals surface area contributed by atoms with Crippen molar-refractivity contribution in [3.8, 4) is 0 Å². The Morgan fingerprint density at radius 2 is 2.00 bits per heavy atom. The molecule has 1 aromatic heterocycles. The molecule has 0 saturated heterocycles. The van der Waals surface area contributed by atoms with Crippen LogP contribution in [0.5, 0.6) is 0 Å². The Balaban J connectivity index is 0.00000192. The Morgan fingerprint density at radius 1 is 1.30 bits per heavy atom. The third-order valence-corrected chi connectivity index (χ3v) is 4.66. The maximum Gasteiger partial charge on any atom is 1.00 e. The number of hydrogen-bond acceptors (Lipinski definition) is 4. The molecular formula is C17H17N2NaO3. The summed E-state index contributed by atoms with van der Waals surface area (Å²) < 4.78 is 0. The van der Waals surface area contributed by atoms with Crippen LogP contribution in [0.3, 0.4) is 0 Å². The van der Waals surface area contributed by atoms with E-state index in [1.54, 1.807) is 12.4 Å². The molecule has 1 aliphatic rings. The van der Waals surface area contributed by atoms with Gasteiger partial charge < -0.3 is 15.2 Å². The van der Waals surface area contributed by atoms with Gasteiger partial charge in [-0.25, -0.2) is 0 Å². The Kier molecular flexibility index (Phi) is 5.14. The molecule has 1 amide bonds. The smallest absolute Gasteiger partial charge is 0.550 e. The van der Waals surface area contributed by atoms with Crippen molar-refractivity contribution in [2.45, 2.75) is 20.3 Å². The molecule has 114 valence electrons. The minimum absolute atomic E-state index is 0. The molecule has 1 N–H and O–H groups in total. The number of carbonyl (C=O) groups is 2. The summed E-state index contributed by atoms with van der Waals surface area (Å²) in [5.74, 6) is -2.11. The van der Waals surface area contributed by atoms with Crippen LogP contribution in [0.1, 0.15) is 20.3 Å². The maximum atomic E-state index is 12.4. The number of rotatable bonds is 4. The SMILES string of the molecule is CC(C)C1(C(=O)[O-])CC1C(=O)Nc1cncc2ccccc12.[Na+]. The van der Waals surface area contributed by atoms with Crippen LogP contribution in [0, 0.1) is 17.3 Å². The van der Waals surface area contributed by atoms with Crippen LogP contribution in [-0.4, -0.2) is 16.9 Å². The van der Waals surface area contributed by atoms with E-state index in [0.29, 0.717) is 12.1 Å². The molecule has 5 nitrogen and oxygen atoms in total. The van der Waals surface area contributed by atoms with Crippen molar-refractivity contribution in [3.63, 3.8) is 0 Å². The Morgan fingerprint density at radius 3 is 2.61 bits per heavy atom. The fraction of sp³-hybridized carbons (Fsp3) is 0.353. The van der Waals surface area contributed by atoms with Gasteiger partial charge in [-0.1, -0.05) is 38.1 Å². The van der Waals surface area contributed by atoms with Crippen LogP contribution in [-0.2, 0) is 9.59 Å². The zero-order valence-corrected chi connectivity index (χ0v) is 15.5. The molecule has 0 spiro atoms. The van der Waals surface area contributed by atoms with E-state index in [1.807, 2.05) is 38.1 Å². The number of carboxylic acids is 1. The van der Waals surface area contributed by atoms with E-state index < -0.39 is 17.3 Å². The van der Waals surface area contributed by atoms with E-state index in [2.05, 4.69) is 10.3 Å². The molecular weight excluding hydrogens is 303 g/mol. The average Bonchev–Trinajstić information content (AvgIpc) is 3.25. The number of amides is 1. The van der Waals surface area contributed by atoms with E-state index >= 15 is 0 Å². The predicted molar refractivity (Wildman–Crippen MR) is 80.8 cm³/mol. The molecule has 0 radical (unpaired) electrons. The molecule has 1 fully saturated rings. The van der Waals surface area contributed by atoms with Gasteiger partial charge in [0.05, 0.1) is 17.8 Å². The second kappa shape index (κ2) is 6.59. The first-order valence-corrected chi connectivity index (χ1v) is 7.32. The number of aliphatic carboxylic acids is 1. The third-order valence-electron chi connectivity index (χ3n) is 4.66. The van der Waals surface area contributed by atoms with E-state index in [9.17, 15) is 14.7 Å². The molecule has 6 heteroatoms. The summed E-state index contributed by atoms with van der Waals surface area (Å²) in [6, 6.07) is 7.59. The Labute approximate surface area is 156 Å². The monoisotopic (exact) mass is 320 g/mol. The van der Waals surface area contributed by atoms with Gasteiger partial charge in [0.25, 0.3) is 0 Å². The molecule has 1 heterocycles. The second-order valence-corrected chi connectivity index (χ2v) is 6.14. The standard InChI is InChI=1S/C17H18N2O3.Na/c1-10(2)17(16(21)22)7-13(17)15(20)19-14-9-18-8-11-5-3-4-6-12(11)14;/h3-6,8-10,13H,7H2,1-2H3,(H,19,20)(H,21,22);/q;+1/p-1. The minimum Gasteiger partial charge on any atom is -0.550 e. The Bertz CT molecular complexity index is 757. The van der Waals surface area contributed by atoms with Crippen LogP contribution in [0.15, 0.2) is 36.7 Å². The second-order valence-electron chi connectivity index (χ2n) is 6.14. The van der Waals surface area contributed by atoms with Crippen LogP contribution in [0.2, 0.25) is 0 Å². The fourth-order valence-electron chi connectivity index (χ4n) is 3.14. The summed E-state index contributed by atoms with van der Waals surface area (Å²) in [7, 11) is 0. The zero-order chi connectivity index (χ0) is 15.9. The van der Waals surface area contributed by atoms with E-state index in [0.717, 1.165) is 10.8 Å². The fourth-order valence-corrected chi connectivity index (χ4v) is 3.14. The first-order chi connectivity index (χ1) is 10.5. The number of pyridine rings is 1. The molecule has 2 aromatic rings. The molecule has 3 rings (SSSR count). The van der Waals surface area contributed by atoms with Crippen molar-refractivity contribution < 1.29 is 44.3 Å². The van der Waals surface area contributed by atoms with Crippen molar-refractivity contribution >= 4 is 28.3 Å². The number of nitrogens with zero attached hydrogens (tertiary/aromatic N) is 1. The van der Waals surface area contributed by atoms with Crippen LogP contribution < -0.4 is 40.0 Å². The third kappa shape index (κ3) is 3.01. The van der Waals surface area contributed by atoms with Gasteiger partial charge in [-0.05, 0) is 12.3 Å². The van der Waals surface area contributed by atoms with Crippen molar-refractivity contribution in [2.75, 3.05) is 5.32 Å². The summed E-state index contributed by atoms with van der Waals surface area (Å²) in [4.78, 5) is 27.9. The van der Waals surface area contributed by atoms with Gasteiger partial charge in [-0.3, -0.25) is 9.78 Å². The topological polar surface area (TPSA) is 82.1 Å². The largest absolute Gasteiger partial charge is 1.00 e. The summed E-state index contributed by atoms with van der Waals surface area (Å²) in [6.07, 6.45) is 3.64. The minimum atomic E-state index is -1.14. The number of carbonyl (C=O) groups excluding carboxylic acids is 2. The molecule has 23 heavy (non-hydrogen) atoms. The van der Waals surface area contributed by atoms with Gasteiger partial charge in [-0.15, -0.1) is 0 Å². The van der Waals surface area contributed by atoms with Crippen molar-refractivity contribution in [1.29, 1.82) is 0 Å². The number of fused-ring (bicyclic) bond motifs is 1. The number of benzene rings is 1. The van der Waals surface area contributed by atoms with Crippen molar-refractivity contribution in [1.82, 2.24) is 4.98 Å². The normalized spacial score (nSPS) is 22.5. The van der Waals surface area contributed by atoms with Gasteiger partial charge in [-0.2, -0.15) is 0 Å². The molecule has 1 saturated carbocycles. The number of nitrogens with one attached hydrogen (secondary N) is 1. The first-order valence-electron chi connectivity index (χ1n) is 7.32. The molecule has 0 bridgehead atoms. The molecule has 0 aliphatic heterocycles. The van der Waals surface area contributed by atoms with E-state index in [4.69, 9.17) is 0 Å². The Hall–Kier alpha value is -1.43. The zero-order valence-electron chi connectivity index (χ0n) is 13.5. The van der Waals surface area contributed by atoms with Gasteiger partial charge >= 0.3 is 29.6 Å². The average molecular weight is 320 g/mol. The molecule has 1 aromatic carbocycles. The quantitative estimate of drug-likeness (QED) is 0.702. The van der Waals surface area contributed by atoms with Gasteiger partial charge in [0.1, 0.15) is 0 Å². The number of aromatic nitrogens is 1. The maximum absolute atomic E-state index is 12.4. The predicted octanol–water partition coefficient (Wildman–Crippen LogP) is -1.41. The number of anilines is 1. The van der Waals surface area contributed by atoms with Crippen LogP contribution in [0.4, 0.5) is 5.69 Å². The van der Waals surface area contributed by atoms with Gasteiger partial charge in [0.15, 0.2) is 0 Å². The van der Waals surface area contributed by atoms with Crippen molar-refractivity contribution in [3.05, 3.63) is 36.7 Å². The summed E-state index contributed by atoms with van der Waals surface area (Å²) >= 11 is 0. The first kappa shape index (κ1) is 17.9. The molecule has 2 atom stereocenters. The van der Waals surface area contributed by atoms with Crippen molar-refractivity contribution in [2.24, 2.45) is 17.3 Å². The van der Waals surface area contributed by atoms with E-state index in [-0.39, 0.29) is 41.4 Å². The van der Waals surface area contributed by atoms with E-state index in [1.165, 1.54) is 0 Å². The van der Waals surface area contributed by atoms with Crippen LogP contribution >= 0.6 is 0 Å². The number of hydrogen-bond donors (Lipinski definition) is 1. The van der Waals surface area contributed by atoms with Gasteiger partial charge in [0, 0.05) is 28.4 Å². The van der Waals surface area contributed by atoms with Crippen LogP contribution in [0.25, 0.3) is 10.8 Å². The molecule has 1 aliphatic carbocycles. The summed E-state index contributed by atoms with van der Waals surface area (Å²) in [6.45, 7) is 3.62. The van der Waals surface area contributed by atoms with Gasteiger partial charge in [0.2, 0.25) is 5.91 Å². The summed E-state index contributed by atoms with van der Waals surface area (Å²) in [5, 5.41) is 16.0. The number of carboxylic acid groups (broad SMARTS) is 1.